The van der Waals surface area contributed by atoms with Crippen LogP contribution in [0.5, 0.6) is 0 Å². The van der Waals surface area contributed by atoms with Crippen LogP contribution in [0.3, 0.4) is 0 Å². The predicted octanol–water partition coefficient (Wildman–Crippen LogP) is 0.168. The van der Waals surface area contributed by atoms with E-state index in [-0.39, 0.29) is 10.9 Å². The minimum atomic E-state index is -0.633. The normalized spacial score (nSPS) is 18.6. The summed E-state index contributed by atoms with van der Waals surface area (Å²) in [4.78, 5) is 24.6. The molecule has 1 amide bonds. The third-order valence-electron chi connectivity index (χ3n) is 3.37. The fraction of sp³-hybridized carbons (Fsp3) is 0.500. The third kappa shape index (κ3) is 2.37. The molecule has 0 aliphatic carbocycles. The van der Waals surface area contributed by atoms with Crippen molar-refractivity contribution in [1.82, 2.24) is 14.9 Å². The Labute approximate surface area is 117 Å². The Kier molecular flexibility index (Phi) is 3.40. The number of likely N-dealkylation sites (N-methyl/N-ethyl adjacent to an activating group) is 1. The van der Waals surface area contributed by atoms with Gasteiger partial charge >= 0.3 is 0 Å². The van der Waals surface area contributed by atoms with Crippen molar-refractivity contribution >= 4 is 28.9 Å². The van der Waals surface area contributed by atoms with E-state index in [2.05, 4.69) is 9.97 Å². The van der Waals surface area contributed by atoms with Crippen molar-refractivity contribution in [3.63, 3.8) is 0 Å². The van der Waals surface area contributed by atoms with Crippen LogP contribution in [0.15, 0.2) is 12.4 Å². The molecule has 0 unspecified atom stereocenters. The SMILES string of the molecule is CN1CCN(c2cnc(C(N)=S)cn2)C(C)(C)C1=O. The second kappa shape index (κ2) is 4.73. The summed E-state index contributed by atoms with van der Waals surface area (Å²) in [6.45, 7) is 5.15. The lowest BCUT2D eigenvalue weighted by Crippen LogP contribution is -2.62. The molecule has 1 aliphatic rings. The Morgan fingerprint density at radius 3 is 2.58 bits per heavy atom. The Bertz CT molecular complexity index is 513. The van der Waals surface area contributed by atoms with Gasteiger partial charge in [0.1, 0.15) is 22.0 Å². The number of anilines is 1. The summed E-state index contributed by atoms with van der Waals surface area (Å²) >= 11 is 4.84. The molecule has 0 aromatic carbocycles. The Hall–Kier alpha value is -1.76. The van der Waals surface area contributed by atoms with Crippen LogP contribution in [0.1, 0.15) is 19.5 Å². The van der Waals surface area contributed by atoms with Crippen LogP contribution >= 0.6 is 12.2 Å². The number of hydrogen-bond acceptors (Lipinski definition) is 5. The standard InChI is InChI=1S/C12H17N5OS/c1-12(2)11(18)16(3)4-5-17(12)9-7-14-8(6-15-9)10(13)19/h6-7H,4-5H2,1-3H3,(H2,13,19). The van der Waals surface area contributed by atoms with Crippen LogP contribution in [-0.2, 0) is 4.79 Å². The molecule has 1 aromatic rings. The van der Waals surface area contributed by atoms with Gasteiger partial charge in [-0.3, -0.25) is 4.79 Å². The Morgan fingerprint density at radius 1 is 1.37 bits per heavy atom. The molecule has 1 saturated heterocycles. The first-order chi connectivity index (χ1) is 8.84. The molecule has 1 aromatic heterocycles. The lowest BCUT2D eigenvalue weighted by atomic mass is 9.98. The maximum Gasteiger partial charge on any atom is 0.247 e. The fourth-order valence-electron chi connectivity index (χ4n) is 2.20. The zero-order chi connectivity index (χ0) is 14.2. The maximum atomic E-state index is 12.2. The van der Waals surface area contributed by atoms with E-state index >= 15 is 0 Å². The van der Waals surface area contributed by atoms with E-state index in [1.54, 1.807) is 11.1 Å². The van der Waals surface area contributed by atoms with Gasteiger partial charge in [0.15, 0.2) is 0 Å². The van der Waals surface area contributed by atoms with E-state index in [0.29, 0.717) is 18.1 Å². The molecule has 1 aliphatic heterocycles. The number of rotatable bonds is 2. The van der Waals surface area contributed by atoms with Crippen LogP contribution < -0.4 is 10.6 Å². The highest BCUT2D eigenvalue weighted by Gasteiger charge is 2.41. The van der Waals surface area contributed by atoms with Crippen molar-refractivity contribution in [2.45, 2.75) is 19.4 Å². The molecular weight excluding hydrogens is 262 g/mol. The molecule has 19 heavy (non-hydrogen) atoms. The molecule has 0 atom stereocenters. The molecule has 1 fully saturated rings. The Morgan fingerprint density at radius 2 is 2.05 bits per heavy atom. The van der Waals surface area contributed by atoms with Gasteiger partial charge in [-0.25, -0.2) is 9.97 Å². The molecular formula is C12H17N5OS. The highest BCUT2D eigenvalue weighted by atomic mass is 32.1. The molecule has 2 heterocycles. The maximum absolute atomic E-state index is 12.2. The van der Waals surface area contributed by atoms with Gasteiger partial charge in [0.05, 0.1) is 12.4 Å². The van der Waals surface area contributed by atoms with Gasteiger partial charge < -0.3 is 15.5 Å². The molecule has 0 saturated carbocycles. The van der Waals surface area contributed by atoms with Gasteiger partial charge in [0, 0.05) is 20.1 Å². The fourth-order valence-corrected chi connectivity index (χ4v) is 2.31. The van der Waals surface area contributed by atoms with E-state index in [4.69, 9.17) is 18.0 Å². The van der Waals surface area contributed by atoms with Gasteiger partial charge in [0.2, 0.25) is 5.91 Å². The van der Waals surface area contributed by atoms with Crippen molar-refractivity contribution in [3.05, 3.63) is 18.1 Å². The van der Waals surface area contributed by atoms with Gasteiger partial charge in [-0.2, -0.15) is 0 Å². The lowest BCUT2D eigenvalue weighted by molar-refractivity contribution is -0.136. The van der Waals surface area contributed by atoms with Crippen LogP contribution in [0.4, 0.5) is 5.82 Å². The van der Waals surface area contributed by atoms with Crippen molar-refractivity contribution in [3.8, 4) is 0 Å². The number of aromatic nitrogens is 2. The first kappa shape index (κ1) is 13.7. The highest BCUT2D eigenvalue weighted by molar-refractivity contribution is 7.80. The number of thiocarbonyl (C=S) groups is 1. The molecule has 6 nitrogen and oxygen atoms in total. The molecule has 0 radical (unpaired) electrons. The van der Waals surface area contributed by atoms with E-state index in [1.807, 2.05) is 25.8 Å². The summed E-state index contributed by atoms with van der Waals surface area (Å²) in [5, 5.41) is 0. The average molecular weight is 279 g/mol. The topological polar surface area (TPSA) is 75.3 Å². The molecule has 2 rings (SSSR count). The predicted molar refractivity (Wildman–Crippen MR) is 77.0 cm³/mol. The Balaban J connectivity index is 2.31. The second-order valence-corrected chi connectivity index (χ2v) is 5.50. The minimum Gasteiger partial charge on any atom is -0.388 e. The first-order valence-electron chi connectivity index (χ1n) is 5.99. The number of carbonyl (C=O) groups excluding carboxylic acids is 1. The number of hydrogen-bond donors (Lipinski definition) is 1. The number of carbonyl (C=O) groups is 1. The first-order valence-corrected chi connectivity index (χ1v) is 6.40. The summed E-state index contributed by atoms with van der Waals surface area (Å²) in [5.74, 6) is 0.727. The van der Waals surface area contributed by atoms with Gasteiger partial charge in [-0.05, 0) is 13.8 Å². The molecule has 7 heteroatoms. The number of nitrogens with two attached hydrogens (primary N) is 1. The largest absolute Gasteiger partial charge is 0.388 e. The number of nitrogens with zero attached hydrogens (tertiary/aromatic N) is 4. The highest BCUT2D eigenvalue weighted by Crippen LogP contribution is 2.26. The van der Waals surface area contributed by atoms with Crippen molar-refractivity contribution in [2.24, 2.45) is 5.73 Å². The molecule has 102 valence electrons. The van der Waals surface area contributed by atoms with Crippen molar-refractivity contribution in [1.29, 1.82) is 0 Å². The van der Waals surface area contributed by atoms with E-state index in [1.165, 1.54) is 6.20 Å². The van der Waals surface area contributed by atoms with Gasteiger partial charge in [0.25, 0.3) is 0 Å². The molecule has 0 bridgehead atoms. The zero-order valence-electron chi connectivity index (χ0n) is 11.3. The quantitative estimate of drug-likeness (QED) is 0.778. The minimum absolute atomic E-state index is 0.0685. The summed E-state index contributed by atoms with van der Waals surface area (Å²) < 4.78 is 0. The van der Waals surface area contributed by atoms with E-state index in [9.17, 15) is 4.79 Å². The smallest absolute Gasteiger partial charge is 0.247 e. The summed E-state index contributed by atoms with van der Waals surface area (Å²) in [7, 11) is 1.81. The molecule has 0 spiro atoms. The third-order valence-corrected chi connectivity index (χ3v) is 3.58. The van der Waals surface area contributed by atoms with Crippen molar-refractivity contribution in [2.75, 3.05) is 25.0 Å². The summed E-state index contributed by atoms with van der Waals surface area (Å²) in [6, 6.07) is 0. The van der Waals surface area contributed by atoms with E-state index < -0.39 is 5.54 Å². The van der Waals surface area contributed by atoms with E-state index in [0.717, 1.165) is 6.54 Å². The van der Waals surface area contributed by atoms with Gasteiger partial charge in [-0.15, -0.1) is 0 Å². The summed E-state index contributed by atoms with van der Waals surface area (Å²) in [6.07, 6.45) is 3.14. The van der Waals surface area contributed by atoms with Crippen LogP contribution in [0.2, 0.25) is 0 Å². The van der Waals surface area contributed by atoms with Crippen LogP contribution in [-0.4, -0.2) is 51.4 Å². The van der Waals surface area contributed by atoms with Crippen LogP contribution in [0, 0.1) is 0 Å². The summed E-state index contributed by atoms with van der Waals surface area (Å²) in [5.41, 5.74) is 5.34. The lowest BCUT2D eigenvalue weighted by Gasteiger charge is -2.45. The molecule has 2 N–H and O–H groups in total. The van der Waals surface area contributed by atoms with Gasteiger partial charge in [-0.1, -0.05) is 12.2 Å². The second-order valence-electron chi connectivity index (χ2n) is 5.06. The number of piperazine rings is 1. The van der Waals surface area contributed by atoms with Crippen LogP contribution in [0.25, 0.3) is 0 Å². The zero-order valence-corrected chi connectivity index (χ0v) is 12.1. The monoisotopic (exact) mass is 279 g/mol. The number of amides is 1. The average Bonchev–Trinajstić information content (AvgIpc) is 2.36. The van der Waals surface area contributed by atoms with Crippen molar-refractivity contribution < 1.29 is 4.79 Å².